The first-order valence-corrected chi connectivity index (χ1v) is 17.0. The topological polar surface area (TPSA) is 0 Å². The van der Waals surface area contributed by atoms with Crippen molar-refractivity contribution in [3.05, 3.63) is 63.8 Å². The smallest absolute Gasteiger partial charge is 0.0811 e. The quantitative estimate of drug-likeness (QED) is 0.154. The van der Waals surface area contributed by atoms with Gasteiger partial charge in [0.1, 0.15) is 6.47 Å². The summed E-state index contributed by atoms with van der Waals surface area (Å²) in [6, 6.07) is 10.3. The zero-order valence-electron chi connectivity index (χ0n) is 15.3. The van der Waals surface area contributed by atoms with Crippen LogP contribution in [0.4, 0.5) is 0 Å². The van der Waals surface area contributed by atoms with Gasteiger partial charge in [-0.15, -0.1) is 0 Å². The third kappa shape index (κ3) is 4.96. The average Bonchev–Trinajstić information content (AvgIpc) is 2.70. The second-order valence-corrected chi connectivity index (χ2v) is 20.4. The second kappa shape index (κ2) is 11.0. The lowest BCUT2D eigenvalue weighted by Gasteiger charge is -2.54. The standard InChI is InChI=1S/C19H13Br11/c1-3-17(26,18(27,28)9-7-5-4-6-8-9)16(2,25)19(29,30)10-11(20)13(22)15(24)14(23)12(10)21/h4-8H,3H2,1-2H3. The number of rotatable bonds is 6. The van der Waals surface area contributed by atoms with Crippen molar-refractivity contribution in [3.63, 3.8) is 0 Å². The molecule has 2 unspecified atom stereocenters. The lowest BCUT2D eigenvalue weighted by Crippen LogP contribution is -2.58. The van der Waals surface area contributed by atoms with Crippen molar-refractivity contribution in [1.29, 1.82) is 0 Å². The van der Waals surface area contributed by atoms with E-state index >= 15 is 0 Å². The zero-order chi connectivity index (χ0) is 23.3. The van der Waals surface area contributed by atoms with Crippen LogP contribution in [0.3, 0.4) is 0 Å². The summed E-state index contributed by atoms with van der Waals surface area (Å²) in [6.45, 7) is 4.31. The van der Waals surface area contributed by atoms with Gasteiger partial charge in [0.15, 0.2) is 0 Å². The highest BCUT2D eigenvalue weighted by Gasteiger charge is 2.65. The van der Waals surface area contributed by atoms with E-state index in [1.807, 2.05) is 18.2 Å². The predicted octanol–water partition coefficient (Wildman–Crippen LogP) is 12.8. The fourth-order valence-corrected chi connectivity index (χ4v) is 13.5. The van der Waals surface area contributed by atoms with Gasteiger partial charge in [-0.25, -0.2) is 0 Å². The average molecular weight is 1120 g/mol. The van der Waals surface area contributed by atoms with E-state index in [9.17, 15) is 0 Å². The number of benzene rings is 2. The highest BCUT2D eigenvalue weighted by Crippen LogP contribution is 2.69. The molecule has 0 aromatic heterocycles. The number of halogens is 11. The van der Waals surface area contributed by atoms with Crippen molar-refractivity contribution in [1.82, 2.24) is 0 Å². The first-order chi connectivity index (χ1) is 13.6. The summed E-state index contributed by atoms with van der Waals surface area (Å²) >= 11 is 42.9. The molecule has 2 aromatic rings. The largest absolute Gasteiger partial charge is 0.124 e. The molecule has 0 aliphatic rings. The number of alkyl halides is 6. The minimum atomic E-state index is -0.725. The predicted molar refractivity (Wildman–Crippen MR) is 170 cm³/mol. The molecule has 0 nitrogen and oxygen atoms in total. The maximum atomic E-state index is 4.13. The van der Waals surface area contributed by atoms with Crippen LogP contribution in [0.2, 0.25) is 0 Å². The number of hydrogen-bond acceptors (Lipinski definition) is 0. The van der Waals surface area contributed by atoms with Crippen LogP contribution < -0.4 is 0 Å². The van der Waals surface area contributed by atoms with E-state index in [1.54, 1.807) is 0 Å². The maximum Gasteiger partial charge on any atom is 0.124 e. The van der Waals surface area contributed by atoms with E-state index < -0.39 is 15.1 Å². The Hall–Kier alpha value is 3.72. The fourth-order valence-electron chi connectivity index (χ4n) is 3.09. The molecule has 0 radical (unpaired) electrons. The fraction of sp³-hybridized carbons (Fsp3) is 0.368. The first kappa shape index (κ1) is 29.9. The normalized spacial score (nSPS) is 16.8. The molecule has 2 aromatic carbocycles. The summed E-state index contributed by atoms with van der Waals surface area (Å²) in [4.78, 5) is 0. The third-order valence-corrected chi connectivity index (χ3v) is 21.6. The molecule has 0 heterocycles. The van der Waals surface area contributed by atoms with Crippen LogP contribution in [0.5, 0.6) is 0 Å². The third-order valence-electron chi connectivity index (χ3n) is 4.98. The Labute approximate surface area is 270 Å². The van der Waals surface area contributed by atoms with Crippen molar-refractivity contribution in [2.24, 2.45) is 0 Å². The molecule has 0 N–H and O–H groups in total. The molecule has 2 atom stereocenters. The summed E-state index contributed by atoms with van der Waals surface area (Å²) in [5, 5.41) is 0. The minimum Gasteiger partial charge on any atom is -0.0811 e. The molecule has 166 valence electrons. The van der Waals surface area contributed by atoms with Crippen LogP contribution in [-0.2, 0) is 6.47 Å². The molecule has 0 aliphatic heterocycles. The molecule has 0 aliphatic carbocycles. The van der Waals surface area contributed by atoms with E-state index in [1.165, 1.54) is 0 Å². The maximum absolute atomic E-state index is 4.13. The highest BCUT2D eigenvalue weighted by atomic mass is 79.9. The molecular formula is C19H13Br11. The van der Waals surface area contributed by atoms with Crippen LogP contribution in [-0.4, -0.2) is 8.65 Å². The Balaban J connectivity index is 2.80. The van der Waals surface area contributed by atoms with Gasteiger partial charge in [0.25, 0.3) is 0 Å². The van der Waals surface area contributed by atoms with E-state index in [-0.39, 0.29) is 0 Å². The zero-order valence-corrected chi connectivity index (χ0v) is 32.7. The highest BCUT2D eigenvalue weighted by molar-refractivity contribution is 9.26. The van der Waals surface area contributed by atoms with Crippen molar-refractivity contribution in [2.75, 3.05) is 0 Å². The van der Waals surface area contributed by atoms with Crippen LogP contribution in [0.15, 0.2) is 52.7 Å². The van der Waals surface area contributed by atoms with E-state index in [4.69, 9.17) is 0 Å². The summed E-state index contributed by atoms with van der Waals surface area (Å²) < 4.78 is 2.11. The van der Waals surface area contributed by atoms with E-state index in [0.717, 1.165) is 39.9 Å². The molecule has 0 saturated carbocycles. The Kier molecular flexibility index (Phi) is 11.0. The van der Waals surface area contributed by atoms with Crippen LogP contribution in [0.1, 0.15) is 31.4 Å². The summed E-state index contributed by atoms with van der Waals surface area (Å²) in [5.41, 5.74) is 2.08. The van der Waals surface area contributed by atoms with Crippen molar-refractivity contribution < 1.29 is 0 Å². The Bertz CT molecular complexity index is 908. The van der Waals surface area contributed by atoms with Gasteiger partial charge in [-0.2, -0.15) is 0 Å². The van der Waals surface area contributed by atoms with Gasteiger partial charge >= 0.3 is 0 Å². The Morgan fingerprint density at radius 3 is 1.43 bits per heavy atom. The molecule has 0 bridgehead atoms. The summed E-state index contributed by atoms with van der Waals surface area (Å²) in [5.74, 6) is 0. The summed E-state index contributed by atoms with van der Waals surface area (Å²) in [6.07, 6.45) is 0.785. The molecule has 30 heavy (non-hydrogen) atoms. The Morgan fingerprint density at radius 1 is 0.633 bits per heavy atom. The summed E-state index contributed by atoms with van der Waals surface area (Å²) in [7, 11) is 0. The van der Waals surface area contributed by atoms with Gasteiger partial charge in [-0.3, -0.25) is 0 Å². The monoisotopic (exact) mass is 1110 g/mol. The molecule has 0 saturated heterocycles. The van der Waals surface area contributed by atoms with E-state index in [0.29, 0.717) is 0 Å². The van der Waals surface area contributed by atoms with Crippen molar-refractivity contribution in [3.8, 4) is 0 Å². The van der Waals surface area contributed by atoms with Gasteiger partial charge in [0.2, 0.25) is 0 Å². The molecule has 11 heteroatoms. The van der Waals surface area contributed by atoms with Crippen LogP contribution >= 0.6 is 175 Å². The lowest BCUT2D eigenvalue weighted by molar-refractivity contribution is 0.413. The second-order valence-electron chi connectivity index (χ2n) is 6.62. The molecular weight excluding hydrogens is 1110 g/mol. The molecule has 0 amide bonds. The van der Waals surface area contributed by atoms with Crippen molar-refractivity contribution >= 4 is 175 Å². The Morgan fingerprint density at radius 2 is 1.03 bits per heavy atom. The van der Waals surface area contributed by atoms with Gasteiger partial charge in [-0.1, -0.05) is 133 Å². The van der Waals surface area contributed by atoms with Crippen LogP contribution in [0.25, 0.3) is 0 Å². The van der Waals surface area contributed by atoms with Gasteiger partial charge in [0, 0.05) is 27.9 Å². The molecule has 0 spiro atoms. The van der Waals surface area contributed by atoms with Crippen LogP contribution in [0, 0.1) is 0 Å². The van der Waals surface area contributed by atoms with Crippen molar-refractivity contribution in [2.45, 2.75) is 35.4 Å². The SMILES string of the molecule is CCC(Br)(C(Br)(Br)c1ccccc1)C(C)(Br)C(Br)(Br)c1c(Br)c(Br)c(Br)c(Br)c1Br. The minimum absolute atomic E-state index is 0.522. The van der Waals surface area contributed by atoms with Gasteiger partial charge in [-0.05, 0) is 98.6 Å². The van der Waals surface area contributed by atoms with Gasteiger partial charge in [0.05, 0.1) is 8.65 Å². The number of hydrogen-bond donors (Lipinski definition) is 0. The molecule has 2 rings (SSSR count). The van der Waals surface area contributed by atoms with E-state index in [2.05, 4.69) is 201 Å². The lowest BCUT2D eigenvalue weighted by atomic mass is 9.81. The molecule has 0 fully saturated rings. The van der Waals surface area contributed by atoms with Gasteiger partial charge < -0.3 is 0 Å². The first-order valence-electron chi connectivity index (χ1n) is 8.30.